The largest absolute Gasteiger partial charge is 0.507 e. The smallest absolute Gasteiger partial charge is 0.160 e. The van der Waals surface area contributed by atoms with Gasteiger partial charge in [-0.15, -0.1) is 0 Å². The Kier molecular flexibility index (Phi) is 2.76. The van der Waals surface area contributed by atoms with Gasteiger partial charge in [0.1, 0.15) is 11.5 Å². The van der Waals surface area contributed by atoms with Gasteiger partial charge < -0.3 is 9.84 Å². The average molecular weight is 230 g/mol. The minimum absolute atomic E-state index is 0.0253. The van der Waals surface area contributed by atoms with Crippen LogP contribution in [0.5, 0.6) is 11.5 Å². The Labute approximate surface area is 99.6 Å². The lowest BCUT2D eigenvalue weighted by Gasteiger charge is -2.11. The summed E-state index contributed by atoms with van der Waals surface area (Å²) in [6.45, 7) is 3.39. The third-order valence-electron chi connectivity index (χ3n) is 2.80. The Balaban J connectivity index is 2.95. The summed E-state index contributed by atoms with van der Waals surface area (Å²) in [5.41, 5.74) is 1.51. The van der Waals surface area contributed by atoms with Gasteiger partial charge in [-0.3, -0.25) is 4.79 Å². The number of phenolic OH excluding ortho intramolecular Hbond substituents is 1. The number of phenols is 1. The minimum atomic E-state index is -0.0253. The fourth-order valence-electron chi connectivity index (χ4n) is 2.05. The van der Waals surface area contributed by atoms with Crippen molar-refractivity contribution in [2.24, 2.45) is 0 Å². The van der Waals surface area contributed by atoms with E-state index in [1.54, 1.807) is 25.3 Å². The predicted molar refractivity (Wildman–Crippen MR) is 66.9 cm³/mol. The lowest BCUT2D eigenvalue weighted by atomic mass is 9.98. The topological polar surface area (TPSA) is 46.5 Å². The molecule has 2 aromatic carbocycles. The molecule has 0 aliphatic heterocycles. The maximum absolute atomic E-state index is 11.6. The van der Waals surface area contributed by atoms with Crippen LogP contribution in [0.15, 0.2) is 24.3 Å². The Morgan fingerprint density at radius 2 is 2.00 bits per heavy atom. The summed E-state index contributed by atoms with van der Waals surface area (Å²) in [6.07, 6.45) is 0. The molecule has 88 valence electrons. The number of aromatic hydroxyl groups is 1. The molecule has 2 rings (SSSR count). The van der Waals surface area contributed by atoms with Gasteiger partial charge >= 0.3 is 0 Å². The molecule has 0 aliphatic carbocycles. The highest BCUT2D eigenvalue weighted by Gasteiger charge is 2.13. The number of ketones is 1. The molecule has 0 heterocycles. The van der Waals surface area contributed by atoms with Gasteiger partial charge in [-0.05, 0) is 37.6 Å². The lowest BCUT2D eigenvalue weighted by Crippen LogP contribution is -1.96. The molecule has 0 fully saturated rings. The maximum atomic E-state index is 11.6. The number of benzene rings is 2. The number of aryl methyl sites for hydroxylation is 1. The maximum Gasteiger partial charge on any atom is 0.160 e. The first-order valence-corrected chi connectivity index (χ1v) is 5.36. The van der Waals surface area contributed by atoms with Crippen LogP contribution >= 0.6 is 0 Å². The molecular weight excluding hydrogens is 216 g/mol. The molecule has 0 amide bonds. The van der Waals surface area contributed by atoms with Gasteiger partial charge in [0.15, 0.2) is 5.78 Å². The second-order valence-electron chi connectivity index (χ2n) is 4.08. The molecule has 0 atom stereocenters. The molecule has 0 unspecified atom stereocenters. The molecule has 2 aromatic rings. The summed E-state index contributed by atoms with van der Waals surface area (Å²) in [7, 11) is 1.54. The van der Waals surface area contributed by atoms with Crippen molar-refractivity contribution < 1.29 is 14.6 Å². The van der Waals surface area contributed by atoms with Crippen LogP contribution in [0, 0.1) is 6.92 Å². The van der Waals surface area contributed by atoms with Gasteiger partial charge in [-0.25, -0.2) is 0 Å². The van der Waals surface area contributed by atoms with Crippen LogP contribution in [0.4, 0.5) is 0 Å². The minimum Gasteiger partial charge on any atom is -0.507 e. The highest BCUT2D eigenvalue weighted by atomic mass is 16.5. The second-order valence-corrected chi connectivity index (χ2v) is 4.08. The fraction of sp³-hybridized carbons (Fsp3) is 0.214. The molecule has 0 bridgehead atoms. The van der Waals surface area contributed by atoms with Crippen LogP contribution in [0.25, 0.3) is 10.8 Å². The van der Waals surface area contributed by atoms with Gasteiger partial charge in [0.2, 0.25) is 0 Å². The summed E-state index contributed by atoms with van der Waals surface area (Å²) in [6, 6.07) is 6.97. The average Bonchev–Trinajstić information content (AvgIpc) is 2.26. The van der Waals surface area contributed by atoms with Crippen LogP contribution < -0.4 is 4.74 Å². The summed E-state index contributed by atoms with van der Waals surface area (Å²) in [5.74, 6) is 0.685. The Bertz CT molecular complexity index is 600. The van der Waals surface area contributed by atoms with Crippen LogP contribution in [0.1, 0.15) is 22.8 Å². The SMILES string of the molecule is COc1ccc(C(C)=O)c2cc(C)cc(O)c12. The first kappa shape index (κ1) is 11.5. The highest BCUT2D eigenvalue weighted by Crippen LogP contribution is 2.36. The quantitative estimate of drug-likeness (QED) is 0.806. The number of ether oxygens (including phenoxy) is 1. The number of hydrogen-bond acceptors (Lipinski definition) is 3. The molecule has 0 saturated heterocycles. The monoisotopic (exact) mass is 230 g/mol. The summed E-state index contributed by atoms with van der Waals surface area (Å²) < 4.78 is 5.21. The van der Waals surface area contributed by atoms with E-state index in [4.69, 9.17) is 4.74 Å². The zero-order valence-corrected chi connectivity index (χ0v) is 10.1. The van der Waals surface area contributed by atoms with Crippen molar-refractivity contribution in [3.8, 4) is 11.5 Å². The lowest BCUT2D eigenvalue weighted by molar-refractivity contribution is 0.101. The molecule has 0 radical (unpaired) electrons. The van der Waals surface area contributed by atoms with Gasteiger partial charge in [-0.1, -0.05) is 6.07 Å². The molecule has 0 spiro atoms. The van der Waals surface area contributed by atoms with Crippen molar-refractivity contribution in [3.05, 3.63) is 35.4 Å². The molecule has 0 aliphatic rings. The van der Waals surface area contributed by atoms with Crippen molar-refractivity contribution in [3.63, 3.8) is 0 Å². The molecule has 3 heteroatoms. The third kappa shape index (κ3) is 1.84. The summed E-state index contributed by atoms with van der Waals surface area (Å²) in [5, 5.41) is 11.3. The van der Waals surface area contributed by atoms with E-state index in [2.05, 4.69) is 0 Å². The normalized spacial score (nSPS) is 10.5. The summed E-state index contributed by atoms with van der Waals surface area (Å²) >= 11 is 0. The number of Topliss-reactive ketones (excluding diaryl/α,β-unsaturated/α-hetero) is 1. The number of carbonyl (C=O) groups is 1. The van der Waals surface area contributed by atoms with Crippen LogP contribution in [0.3, 0.4) is 0 Å². The van der Waals surface area contributed by atoms with E-state index in [1.807, 2.05) is 13.0 Å². The van der Waals surface area contributed by atoms with Crippen molar-refractivity contribution in [1.29, 1.82) is 0 Å². The zero-order chi connectivity index (χ0) is 12.6. The third-order valence-corrected chi connectivity index (χ3v) is 2.80. The van der Waals surface area contributed by atoms with Crippen LogP contribution in [-0.4, -0.2) is 18.0 Å². The first-order chi connectivity index (χ1) is 8.04. The van der Waals surface area contributed by atoms with E-state index in [0.29, 0.717) is 16.7 Å². The Morgan fingerprint density at radius 3 is 2.59 bits per heavy atom. The zero-order valence-electron chi connectivity index (χ0n) is 10.1. The molecule has 0 aromatic heterocycles. The Hall–Kier alpha value is -2.03. The van der Waals surface area contributed by atoms with E-state index in [0.717, 1.165) is 10.9 Å². The molecule has 17 heavy (non-hydrogen) atoms. The van der Waals surface area contributed by atoms with Crippen molar-refractivity contribution in [2.75, 3.05) is 7.11 Å². The van der Waals surface area contributed by atoms with Gasteiger partial charge in [0.25, 0.3) is 0 Å². The van der Waals surface area contributed by atoms with E-state index in [9.17, 15) is 9.90 Å². The van der Waals surface area contributed by atoms with Gasteiger partial charge in [-0.2, -0.15) is 0 Å². The first-order valence-electron chi connectivity index (χ1n) is 5.36. The molecule has 3 nitrogen and oxygen atoms in total. The van der Waals surface area contributed by atoms with Crippen LogP contribution in [0.2, 0.25) is 0 Å². The molecule has 0 saturated carbocycles. The number of hydrogen-bond donors (Lipinski definition) is 1. The van der Waals surface area contributed by atoms with Gasteiger partial charge in [0, 0.05) is 10.9 Å². The van der Waals surface area contributed by atoms with E-state index in [1.165, 1.54) is 6.92 Å². The number of rotatable bonds is 2. The molecule has 1 N–H and O–H groups in total. The second kappa shape index (κ2) is 4.09. The fourth-order valence-corrected chi connectivity index (χ4v) is 2.05. The number of fused-ring (bicyclic) bond motifs is 1. The van der Waals surface area contributed by atoms with Crippen molar-refractivity contribution in [1.82, 2.24) is 0 Å². The van der Waals surface area contributed by atoms with E-state index < -0.39 is 0 Å². The van der Waals surface area contributed by atoms with E-state index in [-0.39, 0.29) is 11.5 Å². The standard InChI is InChI=1S/C14H14O3/c1-8-6-11-10(9(2)15)4-5-13(17-3)14(11)12(16)7-8/h4-7,16H,1-3H3. The Morgan fingerprint density at radius 1 is 1.29 bits per heavy atom. The number of methoxy groups -OCH3 is 1. The van der Waals surface area contributed by atoms with Gasteiger partial charge in [0.05, 0.1) is 12.5 Å². The van der Waals surface area contributed by atoms with Crippen molar-refractivity contribution in [2.45, 2.75) is 13.8 Å². The van der Waals surface area contributed by atoms with Crippen LogP contribution in [-0.2, 0) is 0 Å². The number of carbonyl (C=O) groups excluding carboxylic acids is 1. The van der Waals surface area contributed by atoms with Crippen molar-refractivity contribution >= 4 is 16.6 Å². The van der Waals surface area contributed by atoms with E-state index >= 15 is 0 Å². The molecular formula is C14H14O3. The summed E-state index contributed by atoms with van der Waals surface area (Å²) in [4.78, 5) is 11.6. The highest BCUT2D eigenvalue weighted by molar-refractivity contribution is 6.10. The predicted octanol–water partition coefficient (Wildman–Crippen LogP) is 3.07.